The minimum atomic E-state index is 0.676. The first-order chi connectivity index (χ1) is 7.79. The van der Waals surface area contributed by atoms with Crippen LogP contribution in [-0.2, 0) is 6.54 Å². The number of hydrogen-bond donors (Lipinski definition) is 1. The van der Waals surface area contributed by atoms with Crippen LogP contribution in [0.5, 0.6) is 0 Å². The Morgan fingerprint density at radius 2 is 2.31 bits per heavy atom. The highest BCUT2D eigenvalue weighted by Crippen LogP contribution is 2.30. The van der Waals surface area contributed by atoms with Crippen molar-refractivity contribution in [2.75, 3.05) is 5.75 Å². The van der Waals surface area contributed by atoms with Crippen molar-refractivity contribution in [1.82, 2.24) is 5.32 Å². The predicted octanol–water partition coefficient (Wildman–Crippen LogP) is 3.35. The van der Waals surface area contributed by atoms with Crippen LogP contribution in [0.25, 0.3) is 0 Å². The molecule has 0 spiro atoms. The third-order valence-electron chi connectivity index (χ3n) is 3.17. The van der Waals surface area contributed by atoms with Crippen LogP contribution in [0, 0.1) is 6.92 Å². The quantitative estimate of drug-likeness (QED) is 0.853. The molecule has 1 aliphatic rings. The fourth-order valence-corrected chi connectivity index (χ4v) is 3.61. The molecule has 0 radical (unpaired) electrons. The SMILES string of the molecule is CCSC1CCCC1NCc1ccc(C)o1. The molecule has 0 saturated heterocycles. The molecule has 1 aromatic heterocycles. The van der Waals surface area contributed by atoms with Gasteiger partial charge in [-0.2, -0.15) is 11.8 Å². The molecular formula is C13H21NOS. The summed E-state index contributed by atoms with van der Waals surface area (Å²) in [6, 6.07) is 4.78. The minimum Gasteiger partial charge on any atom is -0.465 e. The third-order valence-corrected chi connectivity index (χ3v) is 4.49. The van der Waals surface area contributed by atoms with Crippen LogP contribution in [0.4, 0.5) is 0 Å². The van der Waals surface area contributed by atoms with Gasteiger partial charge in [-0.3, -0.25) is 0 Å². The molecule has 0 amide bonds. The Morgan fingerprint density at radius 3 is 3.00 bits per heavy atom. The van der Waals surface area contributed by atoms with E-state index in [2.05, 4.69) is 30.1 Å². The number of thioether (sulfide) groups is 1. The predicted molar refractivity (Wildman–Crippen MR) is 69.8 cm³/mol. The average molecular weight is 239 g/mol. The van der Waals surface area contributed by atoms with E-state index in [0.717, 1.165) is 23.3 Å². The zero-order chi connectivity index (χ0) is 11.4. The second-order valence-corrected chi connectivity index (χ2v) is 5.94. The molecule has 1 aromatic rings. The smallest absolute Gasteiger partial charge is 0.117 e. The monoisotopic (exact) mass is 239 g/mol. The van der Waals surface area contributed by atoms with E-state index in [1.165, 1.54) is 25.0 Å². The van der Waals surface area contributed by atoms with Gasteiger partial charge in [0.2, 0.25) is 0 Å². The van der Waals surface area contributed by atoms with Crippen LogP contribution in [0.1, 0.15) is 37.7 Å². The molecule has 2 unspecified atom stereocenters. The molecular weight excluding hydrogens is 218 g/mol. The Balaban J connectivity index is 1.80. The summed E-state index contributed by atoms with van der Waals surface area (Å²) >= 11 is 2.09. The maximum atomic E-state index is 5.57. The van der Waals surface area contributed by atoms with Gasteiger partial charge in [-0.05, 0) is 37.7 Å². The second-order valence-electron chi connectivity index (χ2n) is 4.42. The summed E-state index contributed by atoms with van der Waals surface area (Å²) in [6.45, 7) is 5.12. The number of hydrogen-bond acceptors (Lipinski definition) is 3. The van der Waals surface area contributed by atoms with E-state index in [4.69, 9.17) is 4.42 Å². The van der Waals surface area contributed by atoms with E-state index in [9.17, 15) is 0 Å². The molecule has 16 heavy (non-hydrogen) atoms. The molecule has 1 heterocycles. The lowest BCUT2D eigenvalue weighted by atomic mass is 10.2. The average Bonchev–Trinajstić information content (AvgIpc) is 2.85. The van der Waals surface area contributed by atoms with Crippen LogP contribution in [-0.4, -0.2) is 17.0 Å². The molecule has 2 rings (SSSR count). The Hall–Kier alpha value is -0.410. The molecule has 1 saturated carbocycles. The van der Waals surface area contributed by atoms with Crippen LogP contribution in [0.2, 0.25) is 0 Å². The highest BCUT2D eigenvalue weighted by atomic mass is 32.2. The van der Waals surface area contributed by atoms with Crippen molar-refractivity contribution < 1.29 is 4.42 Å². The molecule has 3 heteroatoms. The molecule has 1 fully saturated rings. The van der Waals surface area contributed by atoms with Crippen molar-refractivity contribution in [3.63, 3.8) is 0 Å². The van der Waals surface area contributed by atoms with Gasteiger partial charge in [0.15, 0.2) is 0 Å². The fraction of sp³-hybridized carbons (Fsp3) is 0.692. The summed E-state index contributed by atoms with van der Waals surface area (Å²) in [5.74, 6) is 3.29. The Morgan fingerprint density at radius 1 is 1.44 bits per heavy atom. The number of furan rings is 1. The topological polar surface area (TPSA) is 25.2 Å². The van der Waals surface area contributed by atoms with E-state index in [-0.39, 0.29) is 0 Å². The van der Waals surface area contributed by atoms with Crippen LogP contribution in [0.15, 0.2) is 16.5 Å². The number of rotatable bonds is 5. The van der Waals surface area contributed by atoms with Gasteiger partial charge in [0.05, 0.1) is 6.54 Å². The maximum Gasteiger partial charge on any atom is 0.117 e. The van der Waals surface area contributed by atoms with E-state index in [1.807, 2.05) is 13.0 Å². The van der Waals surface area contributed by atoms with Gasteiger partial charge in [-0.1, -0.05) is 13.3 Å². The summed E-state index contributed by atoms with van der Waals surface area (Å²) in [6.07, 6.45) is 4.05. The highest BCUT2D eigenvalue weighted by molar-refractivity contribution is 7.99. The summed E-state index contributed by atoms with van der Waals surface area (Å²) in [5, 5.41) is 4.44. The summed E-state index contributed by atoms with van der Waals surface area (Å²) < 4.78 is 5.57. The standard InChI is InChI=1S/C13H21NOS/c1-3-16-13-6-4-5-12(13)14-9-11-8-7-10(2)15-11/h7-8,12-14H,3-6,9H2,1-2H3. The lowest BCUT2D eigenvalue weighted by molar-refractivity contribution is 0.435. The zero-order valence-electron chi connectivity index (χ0n) is 10.2. The Bertz CT molecular complexity index is 323. The van der Waals surface area contributed by atoms with E-state index < -0.39 is 0 Å². The van der Waals surface area contributed by atoms with Crippen molar-refractivity contribution in [1.29, 1.82) is 0 Å². The van der Waals surface area contributed by atoms with E-state index in [1.54, 1.807) is 0 Å². The molecule has 90 valence electrons. The molecule has 0 aromatic carbocycles. The molecule has 2 atom stereocenters. The van der Waals surface area contributed by atoms with Gasteiger partial charge in [0.25, 0.3) is 0 Å². The summed E-state index contributed by atoms with van der Waals surface area (Å²) in [7, 11) is 0. The summed E-state index contributed by atoms with van der Waals surface area (Å²) in [4.78, 5) is 0. The van der Waals surface area contributed by atoms with E-state index in [0.29, 0.717) is 6.04 Å². The van der Waals surface area contributed by atoms with Crippen LogP contribution in [0.3, 0.4) is 0 Å². The van der Waals surface area contributed by atoms with Crippen molar-refractivity contribution in [3.8, 4) is 0 Å². The third kappa shape index (κ3) is 3.05. The van der Waals surface area contributed by atoms with E-state index >= 15 is 0 Å². The van der Waals surface area contributed by atoms with Crippen molar-refractivity contribution in [2.24, 2.45) is 0 Å². The Labute approximate surface area is 102 Å². The molecule has 1 aliphatic carbocycles. The first kappa shape index (κ1) is 12.1. The molecule has 2 nitrogen and oxygen atoms in total. The van der Waals surface area contributed by atoms with Gasteiger partial charge in [-0.15, -0.1) is 0 Å². The van der Waals surface area contributed by atoms with Crippen molar-refractivity contribution in [3.05, 3.63) is 23.7 Å². The van der Waals surface area contributed by atoms with Gasteiger partial charge in [0.1, 0.15) is 11.5 Å². The number of aryl methyl sites for hydroxylation is 1. The Kier molecular flexibility index (Phi) is 4.36. The minimum absolute atomic E-state index is 0.676. The van der Waals surface area contributed by atoms with Crippen molar-refractivity contribution in [2.45, 2.75) is 50.9 Å². The first-order valence-electron chi connectivity index (χ1n) is 6.20. The zero-order valence-corrected chi connectivity index (χ0v) is 11.0. The largest absolute Gasteiger partial charge is 0.465 e. The van der Waals surface area contributed by atoms with Crippen LogP contribution >= 0.6 is 11.8 Å². The lowest BCUT2D eigenvalue weighted by Crippen LogP contribution is -2.33. The van der Waals surface area contributed by atoms with Gasteiger partial charge < -0.3 is 9.73 Å². The highest BCUT2D eigenvalue weighted by Gasteiger charge is 2.26. The maximum absolute atomic E-state index is 5.57. The van der Waals surface area contributed by atoms with Gasteiger partial charge >= 0.3 is 0 Å². The van der Waals surface area contributed by atoms with Gasteiger partial charge in [0, 0.05) is 11.3 Å². The number of nitrogens with one attached hydrogen (secondary N) is 1. The normalized spacial score (nSPS) is 25.1. The second kappa shape index (κ2) is 5.78. The van der Waals surface area contributed by atoms with Crippen LogP contribution < -0.4 is 5.32 Å². The fourth-order valence-electron chi connectivity index (χ4n) is 2.38. The molecule has 1 N–H and O–H groups in total. The molecule has 0 aliphatic heterocycles. The van der Waals surface area contributed by atoms with Crippen molar-refractivity contribution >= 4 is 11.8 Å². The van der Waals surface area contributed by atoms with Gasteiger partial charge in [-0.25, -0.2) is 0 Å². The lowest BCUT2D eigenvalue weighted by Gasteiger charge is -2.19. The molecule has 0 bridgehead atoms. The first-order valence-corrected chi connectivity index (χ1v) is 7.24. The summed E-state index contributed by atoms with van der Waals surface area (Å²) in [5.41, 5.74) is 0.